The summed E-state index contributed by atoms with van der Waals surface area (Å²) < 4.78 is 42.6. The highest BCUT2D eigenvalue weighted by Gasteiger charge is 2.43. The van der Waals surface area contributed by atoms with Gasteiger partial charge in [0.15, 0.2) is 0 Å². The van der Waals surface area contributed by atoms with Crippen LogP contribution >= 0.6 is 0 Å². The zero-order valence-corrected chi connectivity index (χ0v) is 14.1. The normalized spacial score (nSPS) is 15.8. The number of hydrogen-bond donors (Lipinski definition) is 0. The molecule has 0 fully saturated rings. The van der Waals surface area contributed by atoms with E-state index in [0.29, 0.717) is 5.56 Å². The Bertz CT molecular complexity index is 617. The second kappa shape index (κ2) is 7.64. The summed E-state index contributed by atoms with van der Waals surface area (Å²) in [4.78, 5) is 24.0. The number of esters is 1. The van der Waals surface area contributed by atoms with Crippen LogP contribution in [-0.2, 0) is 20.5 Å². The third-order valence-electron chi connectivity index (χ3n) is 4.16. The van der Waals surface area contributed by atoms with Crippen molar-refractivity contribution >= 4 is 17.8 Å². The average molecular weight is 342 g/mol. The Morgan fingerprint density at radius 2 is 1.75 bits per heavy atom. The van der Waals surface area contributed by atoms with Crippen LogP contribution in [-0.4, -0.2) is 18.4 Å². The van der Waals surface area contributed by atoms with Gasteiger partial charge in [-0.2, -0.15) is 13.2 Å². The zero-order chi connectivity index (χ0) is 18.5. The third kappa shape index (κ3) is 4.46. The van der Waals surface area contributed by atoms with Crippen molar-refractivity contribution in [2.75, 3.05) is 6.61 Å². The van der Waals surface area contributed by atoms with Crippen LogP contribution in [0.3, 0.4) is 0 Å². The molecule has 0 amide bonds. The minimum Gasteiger partial charge on any atom is -0.465 e. The number of rotatable bonds is 6. The largest absolute Gasteiger partial charge is 0.465 e. The van der Waals surface area contributed by atoms with Gasteiger partial charge in [-0.25, -0.2) is 0 Å². The van der Waals surface area contributed by atoms with Gasteiger partial charge in [-0.15, -0.1) is 0 Å². The maximum absolute atomic E-state index is 12.5. The fourth-order valence-electron chi connectivity index (χ4n) is 2.16. The first-order valence-corrected chi connectivity index (χ1v) is 7.57. The second-order valence-electron chi connectivity index (χ2n) is 5.75. The van der Waals surface area contributed by atoms with E-state index in [2.05, 4.69) is 0 Å². The van der Waals surface area contributed by atoms with Crippen molar-refractivity contribution < 1.29 is 27.5 Å². The van der Waals surface area contributed by atoms with Crippen LogP contribution in [0.1, 0.15) is 38.8 Å². The van der Waals surface area contributed by atoms with Crippen molar-refractivity contribution in [2.45, 2.75) is 33.9 Å². The molecule has 0 aliphatic rings. The summed E-state index contributed by atoms with van der Waals surface area (Å²) >= 11 is 0. The first kappa shape index (κ1) is 19.9. The zero-order valence-electron chi connectivity index (χ0n) is 14.1. The molecule has 0 aliphatic heterocycles. The Morgan fingerprint density at radius 3 is 2.17 bits per heavy atom. The van der Waals surface area contributed by atoms with Crippen LogP contribution < -0.4 is 0 Å². The van der Waals surface area contributed by atoms with Crippen molar-refractivity contribution in [3.63, 3.8) is 0 Å². The lowest BCUT2D eigenvalue weighted by molar-refractivity contribution is -0.160. The van der Waals surface area contributed by atoms with Crippen LogP contribution in [0, 0.1) is 11.3 Å². The van der Waals surface area contributed by atoms with E-state index in [1.54, 1.807) is 26.0 Å². The molecule has 0 spiro atoms. The molecule has 0 aliphatic carbocycles. The van der Waals surface area contributed by atoms with Gasteiger partial charge in [-0.1, -0.05) is 31.2 Å². The number of halogens is 3. The Hall–Kier alpha value is -2.11. The number of Topliss-reactive ketones (excluding diaryl/α,β-unsaturated/α-hetero) is 1. The molecule has 0 radical (unpaired) electrons. The Kier molecular flexibility index (Phi) is 6.35. The summed E-state index contributed by atoms with van der Waals surface area (Å²) in [5.41, 5.74) is -1.52. The number of benzene rings is 1. The summed E-state index contributed by atoms with van der Waals surface area (Å²) in [6.07, 6.45) is -1.17. The highest BCUT2D eigenvalue weighted by Crippen LogP contribution is 2.32. The Labute approximate surface area is 139 Å². The molecule has 0 aromatic heterocycles. The quantitative estimate of drug-likeness (QED) is 0.564. The fourth-order valence-corrected chi connectivity index (χ4v) is 2.16. The first-order valence-electron chi connectivity index (χ1n) is 7.57. The van der Waals surface area contributed by atoms with Crippen LogP contribution in [0.4, 0.5) is 13.2 Å². The minimum absolute atomic E-state index is 0.164. The molecule has 0 saturated heterocycles. The SMILES string of the molecule is CCOC(=O)[C@](C)(C(C)=O)[C@H](C)/C=C/c1ccc(C(F)(F)F)cc1. The van der Waals surface area contributed by atoms with E-state index >= 15 is 0 Å². The molecule has 0 heterocycles. The van der Waals surface area contributed by atoms with E-state index < -0.39 is 29.0 Å². The molecule has 6 heteroatoms. The molecule has 0 N–H and O–H groups in total. The Morgan fingerprint density at radius 1 is 1.21 bits per heavy atom. The highest BCUT2D eigenvalue weighted by atomic mass is 19.4. The first-order chi connectivity index (χ1) is 11.0. The topological polar surface area (TPSA) is 43.4 Å². The Balaban J connectivity index is 2.99. The average Bonchev–Trinajstić information content (AvgIpc) is 2.51. The predicted octanol–water partition coefficient (Wildman–Crippen LogP) is 4.51. The van der Waals surface area contributed by atoms with Crippen LogP contribution in [0.2, 0.25) is 0 Å². The van der Waals surface area contributed by atoms with Crippen molar-refractivity contribution in [3.05, 3.63) is 41.5 Å². The van der Waals surface area contributed by atoms with Gasteiger partial charge < -0.3 is 4.74 Å². The van der Waals surface area contributed by atoms with E-state index in [1.165, 1.54) is 26.0 Å². The molecular formula is C18H21F3O3. The lowest BCUT2D eigenvalue weighted by Crippen LogP contribution is -2.41. The van der Waals surface area contributed by atoms with Crippen LogP contribution in [0.5, 0.6) is 0 Å². The van der Waals surface area contributed by atoms with E-state index in [1.807, 2.05) is 0 Å². The molecule has 132 valence electrons. The van der Waals surface area contributed by atoms with Gasteiger partial charge in [0.05, 0.1) is 12.2 Å². The summed E-state index contributed by atoms with van der Waals surface area (Å²) in [6.45, 7) is 6.34. The number of ketones is 1. The summed E-state index contributed by atoms with van der Waals surface area (Å²) in [6, 6.07) is 4.64. The number of carbonyl (C=O) groups is 2. The highest BCUT2D eigenvalue weighted by molar-refractivity contribution is 6.02. The third-order valence-corrected chi connectivity index (χ3v) is 4.16. The van der Waals surface area contributed by atoms with Crippen LogP contribution in [0.15, 0.2) is 30.3 Å². The van der Waals surface area contributed by atoms with Gasteiger partial charge in [0, 0.05) is 0 Å². The standard InChI is InChI=1S/C18H21F3O3/c1-5-24-16(23)17(4,13(3)22)12(2)6-7-14-8-10-15(11-9-14)18(19,20)21/h6-12H,5H2,1-4H3/b7-6+/t12-,17+/m1/s1. The summed E-state index contributed by atoms with van der Waals surface area (Å²) in [5, 5.41) is 0. The molecule has 0 unspecified atom stereocenters. The number of allylic oxidation sites excluding steroid dienone is 1. The smallest absolute Gasteiger partial charge is 0.416 e. The van der Waals surface area contributed by atoms with Crippen molar-refractivity contribution in [3.8, 4) is 0 Å². The van der Waals surface area contributed by atoms with Gasteiger partial charge in [0.2, 0.25) is 0 Å². The molecule has 1 rings (SSSR count). The molecule has 0 saturated carbocycles. The van der Waals surface area contributed by atoms with E-state index in [4.69, 9.17) is 4.74 Å². The summed E-state index contributed by atoms with van der Waals surface area (Å²) in [5.74, 6) is -1.41. The van der Waals surface area contributed by atoms with E-state index in [0.717, 1.165) is 12.1 Å². The van der Waals surface area contributed by atoms with Crippen molar-refractivity contribution in [1.29, 1.82) is 0 Å². The molecule has 3 nitrogen and oxygen atoms in total. The maximum atomic E-state index is 12.5. The fraction of sp³-hybridized carbons (Fsp3) is 0.444. The van der Waals surface area contributed by atoms with Gasteiger partial charge in [0.1, 0.15) is 11.2 Å². The molecule has 1 aromatic rings. The number of ether oxygens (including phenoxy) is 1. The maximum Gasteiger partial charge on any atom is 0.416 e. The lowest BCUT2D eigenvalue weighted by atomic mass is 9.74. The van der Waals surface area contributed by atoms with E-state index in [-0.39, 0.29) is 12.4 Å². The molecular weight excluding hydrogens is 321 g/mol. The molecule has 24 heavy (non-hydrogen) atoms. The van der Waals surface area contributed by atoms with Gasteiger partial charge >= 0.3 is 12.1 Å². The minimum atomic E-state index is -4.38. The number of alkyl halides is 3. The van der Waals surface area contributed by atoms with Gasteiger partial charge in [-0.3, -0.25) is 9.59 Å². The monoisotopic (exact) mass is 342 g/mol. The van der Waals surface area contributed by atoms with Crippen molar-refractivity contribution in [2.24, 2.45) is 11.3 Å². The molecule has 0 bridgehead atoms. The predicted molar refractivity (Wildman–Crippen MR) is 85.1 cm³/mol. The molecule has 2 atom stereocenters. The second-order valence-corrected chi connectivity index (χ2v) is 5.75. The van der Waals surface area contributed by atoms with Gasteiger partial charge in [0.25, 0.3) is 0 Å². The van der Waals surface area contributed by atoms with Gasteiger partial charge in [-0.05, 0) is 44.4 Å². The van der Waals surface area contributed by atoms with Crippen LogP contribution in [0.25, 0.3) is 6.08 Å². The summed E-state index contributed by atoms with van der Waals surface area (Å²) in [7, 11) is 0. The number of carbonyl (C=O) groups excluding carboxylic acids is 2. The van der Waals surface area contributed by atoms with E-state index in [9.17, 15) is 22.8 Å². The van der Waals surface area contributed by atoms with Crippen molar-refractivity contribution in [1.82, 2.24) is 0 Å². The lowest BCUT2D eigenvalue weighted by Gasteiger charge is -2.28. The number of hydrogen-bond acceptors (Lipinski definition) is 3. The molecule has 1 aromatic carbocycles.